The van der Waals surface area contributed by atoms with E-state index in [2.05, 4.69) is 20.3 Å². The highest BCUT2D eigenvalue weighted by Gasteiger charge is 2.06. The number of thiazole rings is 1. The lowest BCUT2D eigenvalue weighted by Crippen LogP contribution is -2.15. The van der Waals surface area contributed by atoms with Crippen molar-refractivity contribution >= 4 is 34.1 Å². The lowest BCUT2D eigenvalue weighted by molar-refractivity contribution is -0.113. The van der Waals surface area contributed by atoms with Gasteiger partial charge in [-0.3, -0.25) is 4.79 Å². The van der Waals surface area contributed by atoms with Gasteiger partial charge in [0.1, 0.15) is 0 Å². The third-order valence-electron chi connectivity index (χ3n) is 1.87. The summed E-state index contributed by atoms with van der Waals surface area (Å²) in [6.45, 7) is 1.86. The number of nitrogens with zero attached hydrogens (tertiary/aromatic N) is 2. The molecule has 1 amide bonds. The highest BCUT2D eigenvalue weighted by Crippen LogP contribution is 2.16. The molecule has 2 N–H and O–H groups in total. The Morgan fingerprint density at radius 1 is 1.61 bits per heavy atom. The van der Waals surface area contributed by atoms with Crippen molar-refractivity contribution in [1.29, 1.82) is 0 Å². The van der Waals surface area contributed by atoms with Gasteiger partial charge in [-0.1, -0.05) is 11.8 Å². The monoisotopic (exact) mass is 282 g/mol. The molecule has 6 nitrogen and oxygen atoms in total. The number of nitrogens with one attached hydrogen (secondary N) is 2. The predicted octanol–water partition coefficient (Wildman–Crippen LogP) is 1.27. The molecule has 0 bridgehead atoms. The SMILES string of the molecule is Cc1csc(NC(=O)CSc2ccnc(=O)[nH]2)n1. The number of aromatic nitrogens is 3. The number of H-pyrrole nitrogens is 1. The summed E-state index contributed by atoms with van der Waals surface area (Å²) in [4.78, 5) is 32.7. The van der Waals surface area contributed by atoms with Gasteiger partial charge in [-0.15, -0.1) is 11.3 Å². The molecule has 2 aromatic rings. The topological polar surface area (TPSA) is 87.7 Å². The molecule has 0 aromatic carbocycles. The van der Waals surface area contributed by atoms with Gasteiger partial charge in [0.2, 0.25) is 5.91 Å². The zero-order chi connectivity index (χ0) is 13.0. The Labute approximate surface area is 111 Å². The Morgan fingerprint density at radius 2 is 2.44 bits per heavy atom. The fraction of sp³-hybridized carbons (Fsp3) is 0.200. The van der Waals surface area contributed by atoms with E-state index in [9.17, 15) is 9.59 Å². The van der Waals surface area contributed by atoms with Crippen molar-refractivity contribution in [2.75, 3.05) is 11.1 Å². The first kappa shape index (κ1) is 12.8. The van der Waals surface area contributed by atoms with Crippen LogP contribution in [0.15, 0.2) is 27.5 Å². The zero-order valence-electron chi connectivity index (χ0n) is 9.47. The number of hydrogen-bond acceptors (Lipinski definition) is 6. The van der Waals surface area contributed by atoms with Crippen LogP contribution in [-0.4, -0.2) is 26.6 Å². The van der Waals surface area contributed by atoms with E-state index in [1.165, 1.54) is 29.3 Å². The summed E-state index contributed by atoms with van der Waals surface area (Å²) in [7, 11) is 0. The van der Waals surface area contributed by atoms with Crippen molar-refractivity contribution in [3.05, 3.63) is 33.8 Å². The Hall–Kier alpha value is -1.67. The molecule has 2 aromatic heterocycles. The summed E-state index contributed by atoms with van der Waals surface area (Å²) in [5, 5.41) is 5.75. The van der Waals surface area contributed by atoms with Gasteiger partial charge in [-0.05, 0) is 13.0 Å². The fourth-order valence-corrected chi connectivity index (χ4v) is 2.53. The number of rotatable bonds is 4. The van der Waals surface area contributed by atoms with E-state index < -0.39 is 5.69 Å². The molecule has 0 spiro atoms. The van der Waals surface area contributed by atoms with Gasteiger partial charge >= 0.3 is 5.69 Å². The number of carbonyl (C=O) groups excluding carboxylic acids is 1. The van der Waals surface area contributed by atoms with Crippen molar-refractivity contribution in [1.82, 2.24) is 15.0 Å². The second kappa shape index (κ2) is 5.78. The van der Waals surface area contributed by atoms with Gasteiger partial charge in [0.05, 0.1) is 16.5 Å². The molecule has 0 saturated heterocycles. The Morgan fingerprint density at radius 3 is 3.11 bits per heavy atom. The summed E-state index contributed by atoms with van der Waals surface area (Å²) >= 11 is 2.62. The first-order valence-corrected chi connectivity index (χ1v) is 6.90. The molecule has 8 heteroatoms. The molecule has 0 aliphatic carbocycles. The predicted molar refractivity (Wildman–Crippen MR) is 71.1 cm³/mol. The average Bonchev–Trinajstić information content (AvgIpc) is 2.72. The quantitative estimate of drug-likeness (QED) is 0.651. The van der Waals surface area contributed by atoms with Crippen molar-refractivity contribution in [3.8, 4) is 0 Å². The maximum Gasteiger partial charge on any atom is 0.345 e. The first-order valence-electron chi connectivity index (χ1n) is 5.03. The van der Waals surface area contributed by atoms with Gasteiger partial charge in [-0.2, -0.15) is 0 Å². The number of aromatic amines is 1. The van der Waals surface area contributed by atoms with E-state index in [1.54, 1.807) is 6.07 Å². The van der Waals surface area contributed by atoms with Gasteiger partial charge in [0, 0.05) is 11.6 Å². The van der Waals surface area contributed by atoms with Crippen LogP contribution in [0.3, 0.4) is 0 Å². The van der Waals surface area contributed by atoms with E-state index in [4.69, 9.17) is 0 Å². The molecule has 0 fully saturated rings. The second-order valence-electron chi connectivity index (χ2n) is 3.37. The Balaban J connectivity index is 1.87. The van der Waals surface area contributed by atoms with E-state index in [1.807, 2.05) is 12.3 Å². The molecule has 0 aliphatic rings. The maximum absolute atomic E-state index is 11.6. The van der Waals surface area contributed by atoms with Crippen LogP contribution in [0.5, 0.6) is 0 Å². The molecule has 18 heavy (non-hydrogen) atoms. The number of carbonyl (C=O) groups is 1. The second-order valence-corrected chi connectivity index (χ2v) is 5.25. The molecule has 2 rings (SSSR count). The molecule has 0 saturated carbocycles. The Kier molecular flexibility index (Phi) is 4.11. The van der Waals surface area contributed by atoms with Gasteiger partial charge in [0.25, 0.3) is 0 Å². The first-order chi connectivity index (χ1) is 8.63. The van der Waals surface area contributed by atoms with E-state index in [0.717, 1.165) is 5.69 Å². The lowest BCUT2D eigenvalue weighted by atomic mass is 10.6. The van der Waals surface area contributed by atoms with Crippen molar-refractivity contribution in [2.45, 2.75) is 11.9 Å². The van der Waals surface area contributed by atoms with Gasteiger partial charge in [0.15, 0.2) is 5.13 Å². The van der Waals surface area contributed by atoms with Crippen molar-refractivity contribution < 1.29 is 4.79 Å². The van der Waals surface area contributed by atoms with Crippen LogP contribution in [-0.2, 0) is 4.79 Å². The van der Waals surface area contributed by atoms with Crippen LogP contribution in [0.1, 0.15) is 5.69 Å². The molecule has 0 aliphatic heterocycles. The highest BCUT2D eigenvalue weighted by atomic mass is 32.2. The third kappa shape index (κ3) is 3.67. The Bertz CT molecular complexity index is 608. The summed E-state index contributed by atoms with van der Waals surface area (Å²) in [5.41, 5.74) is 0.456. The minimum atomic E-state index is -0.420. The lowest BCUT2D eigenvalue weighted by Gasteiger charge is -2.01. The number of anilines is 1. The molecule has 0 atom stereocenters. The third-order valence-corrected chi connectivity index (χ3v) is 3.70. The summed E-state index contributed by atoms with van der Waals surface area (Å²) in [6, 6.07) is 1.65. The maximum atomic E-state index is 11.6. The number of hydrogen-bond donors (Lipinski definition) is 2. The van der Waals surface area contributed by atoms with E-state index >= 15 is 0 Å². The van der Waals surface area contributed by atoms with Crippen molar-refractivity contribution in [3.63, 3.8) is 0 Å². The highest BCUT2D eigenvalue weighted by molar-refractivity contribution is 7.99. The fourth-order valence-electron chi connectivity index (χ4n) is 1.15. The molecule has 0 unspecified atom stereocenters. The van der Waals surface area contributed by atoms with Crippen LogP contribution in [0, 0.1) is 6.92 Å². The molecule has 94 valence electrons. The van der Waals surface area contributed by atoms with E-state index in [0.29, 0.717) is 10.2 Å². The summed E-state index contributed by atoms with van der Waals surface area (Å²) < 4.78 is 0. The number of amides is 1. The van der Waals surface area contributed by atoms with Crippen LogP contribution in [0.25, 0.3) is 0 Å². The smallest absolute Gasteiger partial charge is 0.301 e. The van der Waals surface area contributed by atoms with Crippen LogP contribution in [0.2, 0.25) is 0 Å². The van der Waals surface area contributed by atoms with Crippen LogP contribution >= 0.6 is 23.1 Å². The number of thioether (sulfide) groups is 1. The largest absolute Gasteiger partial charge is 0.345 e. The van der Waals surface area contributed by atoms with Crippen LogP contribution in [0.4, 0.5) is 5.13 Å². The minimum Gasteiger partial charge on any atom is -0.301 e. The van der Waals surface area contributed by atoms with Gasteiger partial charge in [-0.25, -0.2) is 14.8 Å². The molecular formula is C10H10N4O2S2. The normalized spacial score (nSPS) is 10.3. The number of aryl methyl sites for hydroxylation is 1. The minimum absolute atomic E-state index is 0.160. The van der Waals surface area contributed by atoms with Crippen molar-refractivity contribution in [2.24, 2.45) is 0 Å². The molecule has 0 radical (unpaired) electrons. The van der Waals surface area contributed by atoms with Crippen LogP contribution < -0.4 is 11.0 Å². The van der Waals surface area contributed by atoms with E-state index in [-0.39, 0.29) is 11.7 Å². The molecular weight excluding hydrogens is 272 g/mol. The van der Waals surface area contributed by atoms with Gasteiger partial charge < -0.3 is 10.3 Å². The standard InChI is InChI=1S/C10H10N4O2S2/c1-6-4-18-10(12-6)13-7(15)5-17-8-2-3-11-9(16)14-8/h2-4H,5H2,1H3,(H,11,14,16)(H,12,13,15). The zero-order valence-corrected chi connectivity index (χ0v) is 11.1. The summed E-state index contributed by atoms with van der Waals surface area (Å²) in [6.07, 6.45) is 1.41. The average molecular weight is 282 g/mol. The molecule has 2 heterocycles. The summed E-state index contributed by atoms with van der Waals surface area (Å²) in [5.74, 6) is 0.0468.